The van der Waals surface area contributed by atoms with Gasteiger partial charge < -0.3 is 5.32 Å². The topological polar surface area (TPSA) is 67.4 Å². The summed E-state index contributed by atoms with van der Waals surface area (Å²) in [5.41, 5.74) is -0.505. The third-order valence-electron chi connectivity index (χ3n) is 2.12. The van der Waals surface area contributed by atoms with Gasteiger partial charge in [0.05, 0.1) is 0 Å². The van der Waals surface area contributed by atoms with Crippen LogP contribution in [-0.2, 0) is 14.7 Å². The fourth-order valence-corrected chi connectivity index (χ4v) is 1.84. The van der Waals surface area contributed by atoms with E-state index in [4.69, 9.17) is 0 Å². The fourth-order valence-electron chi connectivity index (χ4n) is 1.27. The van der Waals surface area contributed by atoms with Crippen molar-refractivity contribution < 1.29 is 16.5 Å². The lowest BCUT2D eigenvalue weighted by Gasteiger charge is -2.29. The van der Waals surface area contributed by atoms with Crippen LogP contribution in [0.2, 0.25) is 0 Å². The number of halogens is 1. The second-order valence-electron chi connectivity index (χ2n) is 3.06. The van der Waals surface area contributed by atoms with Crippen LogP contribution in [0.5, 0.6) is 0 Å². The lowest BCUT2D eigenvalue weighted by Crippen LogP contribution is -2.45. The molecule has 0 aromatic rings. The van der Waals surface area contributed by atoms with E-state index in [9.17, 15) is 12.3 Å². The van der Waals surface area contributed by atoms with Gasteiger partial charge in [0.15, 0.2) is 5.72 Å². The number of likely N-dealkylation sites (N-methyl/N-ethyl adjacent to an activating group) is 2. The first kappa shape index (κ1) is 12.2. The van der Waals surface area contributed by atoms with Crippen LogP contribution < -0.4 is 10.6 Å². The van der Waals surface area contributed by atoms with Gasteiger partial charge in [0.25, 0.3) is 0 Å². The molecule has 1 unspecified atom stereocenters. The van der Waals surface area contributed by atoms with Crippen LogP contribution in [-0.4, -0.2) is 28.2 Å². The summed E-state index contributed by atoms with van der Waals surface area (Å²) < 4.78 is 37.6. The molecule has 0 amide bonds. The fraction of sp³-hybridized carbons (Fsp3) is 0.500. The smallest absolute Gasteiger partial charge is 0.388 e. The summed E-state index contributed by atoms with van der Waals surface area (Å²) in [7, 11) is -1.76. The van der Waals surface area contributed by atoms with Crippen molar-refractivity contribution in [3.8, 4) is 0 Å². The predicted octanol–water partition coefficient (Wildman–Crippen LogP) is 0.196. The van der Waals surface area contributed by atoms with Crippen LogP contribution in [0, 0.1) is 0 Å². The highest BCUT2D eigenvalue weighted by molar-refractivity contribution is 7.81. The van der Waals surface area contributed by atoms with E-state index in [1.807, 2.05) is 0 Å². The van der Waals surface area contributed by atoms with Crippen molar-refractivity contribution in [2.75, 3.05) is 14.1 Å². The molecule has 2 N–H and O–H groups in total. The van der Waals surface area contributed by atoms with Crippen molar-refractivity contribution >= 4 is 10.5 Å². The van der Waals surface area contributed by atoms with Gasteiger partial charge in [-0.25, -0.2) is 4.18 Å². The van der Waals surface area contributed by atoms with Crippen LogP contribution in [0.25, 0.3) is 0 Å². The zero-order valence-electron chi connectivity index (χ0n) is 8.45. The molecule has 0 aliphatic heterocycles. The first-order chi connectivity index (χ1) is 6.91. The van der Waals surface area contributed by atoms with Crippen molar-refractivity contribution in [3.63, 3.8) is 0 Å². The maximum absolute atomic E-state index is 12.4. The van der Waals surface area contributed by atoms with Gasteiger partial charge in [0.1, 0.15) is 0 Å². The largest absolute Gasteiger partial charge is 0.439 e. The van der Waals surface area contributed by atoms with Crippen LogP contribution in [0.4, 0.5) is 3.89 Å². The zero-order chi connectivity index (χ0) is 11.5. The average molecular weight is 236 g/mol. The molecule has 7 heteroatoms. The summed E-state index contributed by atoms with van der Waals surface area (Å²) >= 11 is 0. The first-order valence-electron chi connectivity index (χ1n) is 4.32. The van der Waals surface area contributed by atoms with Gasteiger partial charge in [-0.3, -0.25) is 5.32 Å². The van der Waals surface area contributed by atoms with Crippen molar-refractivity contribution in [1.29, 1.82) is 0 Å². The van der Waals surface area contributed by atoms with Gasteiger partial charge in [-0.05, 0) is 19.2 Å². The number of hydrogen-bond donors (Lipinski definition) is 2. The molecule has 1 atom stereocenters. The van der Waals surface area contributed by atoms with E-state index in [1.165, 1.54) is 13.1 Å². The second-order valence-corrected chi connectivity index (χ2v) is 4.02. The van der Waals surface area contributed by atoms with E-state index in [-0.39, 0.29) is 6.42 Å². The summed E-state index contributed by atoms with van der Waals surface area (Å²) in [4.78, 5) is 0. The molecule has 1 rings (SSSR count). The Labute approximate surface area is 88.4 Å². The maximum Gasteiger partial charge on any atom is 0.439 e. The summed E-state index contributed by atoms with van der Waals surface area (Å²) in [6.45, 7) is 0. The van der Waals surface area contributed by atoms with E-state index in [2.05, 4.69) is 14.8 Å². The zero-order valence-corrected chi connectivity index (χ0v) is 9.27. The standard InChI is InChI=1S/C8H13FN2O3S/c1-10-7-3-5-8(11-2,6-4-7)14-15(9,12)13/h3-5,10-11H,6H2,1-2H3. The monoisotopic (exact) mass is 236 g/mol. The Kier molecular flexibility index (Phi) is 3.48. The summed E-state index contributed by atoms with van der Waals surface area (Å²) in [6, 6.07) is 0. The molecule has 1 aliphatic carbocycles. The molecule has 0 spiro atoms. The molecule has 0 saturated heterocycles. The van der Waals surface area contributed by atoms with Gasteiger partial charge in [-0.15, -0.1) is 0 Å². The molecule has 0 radical (unpaired) electrons. The van der Waals surface area contributed by atoms with E-state index in [1.54, 1.807) is 19.2 Å². The summed E-state index contributed by atoms with van der Waals surface area (Å²) in [5.74, 6) is 0. The molecule has 0 heterocycles. The Balaban J connectivity index is 2.84. The molecular weight excluding hydrogens is 223 g/mol. The normalized spacial score (nSPS) is 26.2. The molecule has 0 bridgehead atoms. The number of hydrogen-bond acceptors (Lipinski definition) is 5. The quantitative estimate of drug-likeness (QED) is 0.539. The lowest BCUT2D eigenvalue weighted by molar-refractivity contribution is 0.0915. The summed E-state index contributed by atoms with van der Waals surface area (Å²) in [5, 5.41) is 5.49. The van der Waals surface area contributed by atoms with E-state index < -0.39 is 16.2 Å². The van der Waals surface area contributed by atoms with Gasteiger partial charge in [-0.2, -0.15) is 8.42 Å². The predicted molar refractivity (Wildman–Crippen MR) is 53.8 cm³/mol. The Hall–Kier alpha value is -0.920. The van der Waals surface area contributed by atoms with Crippen LogP contribution in [0.15, 0.2) is 23.9 Å². The Morgan fingerprint density at radius 1 is 1.53 bits per heavy atom. The highest BCUT2D eigenvalue weighted by Crippen LogP contribution is 2.23. The third-order valence-corrected chi connectivity index (χ3v) is 2.61. The molecule has 0 aromatic carbocycles. The van der Waals surface area contributed by atoms with Crippen molar-refractivity contribution in [2.24, 2.45) is 0 Å². The Morgan fingerprint density at radius 3 is 2.53 bits per heavy atom. The highest BCUT2D eigenvalue weighted by atomic mass is 32.3. The Morgan fingerprint density at radius 2 is 2.20 bits per heavy atom. The van der Waals surface area contributed by atoms with Gasteiger partial charge in [0, 0.05) is 19.2 Å². The van der Waals surface area contributed by atoms with E-state index >= 15 is 0 Å². The molecule has 86 valence electrons. The molecule has 0 aromatic heterocycles. The molecule has 5 nitrogen and oxygen atoms in total. The van der Waals surface area contributed by atoms with Crippen LogP contribution >= 0.6 is 0 Å². The minimum atomic E-state index is -4.98. The van der Waals surface area contributed by atoms with Crippen LogP contribution in [0.1, 0.15) is 6.42 Å². The number of allylic oxidation sites excluding steroid dienone is 1. The maximum atomic E-state index is 12.4. The van der Waals surface area contributed by atoms with Crippen molar-refractivity contribution in [1.82, 2.24) is 10.6 Å². The van der Waals surface area contributed by atoms with Crippen LogP contribution in [0.3, 0.4) is 0 Å². The average Bonchev–Trinajstić information content (AvgIpc) is 2.16. The van der Waals surface area contributed by atoms with Gasteiger partial charge in [0.2, 0.25) is 0 Å². The molecule has 0 saturated carbocycles. The Bertz CT molecular complexity index is 391. The summed E-state index contributed by atoms with van der Waals surface area (Å²) in [6.07, 6.45) is 5.00. The molecule has 0 fully saturated rings. The van der Waals surface area contributed by atoms with Gasteiger partial charge >= 0.3 is 10.5 Å². The minimum absolute atomic E-state index is 0.222. The molecule has 1 aliphatic rings. The van der Waals surface area contributed by atoms with Crippen molar-refractivity contribution in [3.05, 3.63) is 23.9 Å². The minimum Gasteiger partial charge on any atom is -0.388 e. The van der Waals surface area contributed by atoms with Gasteiger partial charge in [-0.1, -0.05) is 9.96 Å². The number of nitrogens with one attached hydrogen (secondary N) is 2. The highest BCUT2D eigenvalue weighted by Gasteiger charge is 2.33. The first-order valence-corrected chi connectivity index (χ1v) is 5.63. The molecular formula is C8H13FN2O3S. The lowest BCUT2D eigenvalue weighted by atomic mass is 10.0. The molecule has 15 heavy (non-hydrogen) atoms. The van der Waals surface area contributed by atoms with E-state index in [0.29, 0.717) is 0 Å². The second kappa shape index (κ2) is 4.30. The SMILES string of the molecule is CNC1=CCC(NC)(OS(=O)(=O)F)C=C1. The van der Waals surface area contributed by atoms with E-state index in [0.717, 1.165) is 5.70 Å². The third kappa shape index (κ3) is 3.29. The van der Waals surface area contributed by atoms with Crippen molar-refractivity contribution in [2.45, 2.75) is 12.1 Å². The number of rotatable bonds is 4.